The molecule has 228 valence electrons. The minimum atomic E-state index is -0.417. The quantitative estimate of drug-likeness (QED) is 0.176. The van der Waals surface area contributed by atoms with Crippen molar-refractivity contribution in [3.05, 3.63) is 182 Å². The lowest BCUT2D eigenvalue weighted by Crippen LogP contribution is -1.91. The fraction of sp³-hybridized carbons (Fsp3) is 0. The molecule has 0 fully saturated rings. The third-order valence-corrected chi connectivity index (χ3v) is 9.23. The van der Waals surface area contributed by atoms with E-state index >= 15 is 0 Å². The van der Waals surface area contributed by atoms with Gasteiger partial charge >= 0.3 is 0 Å². The molecule has 0 atom stereocenters. The van der Waals surface area contributed by atoms with Crippen LogP contribution in [0.3, 0.4) is 0 Å². The molecule has 0 aliphatic carbocycles. The zero-order valence-electron chi connectivity index (χ0n) is 36.0. The molecule has 1 heteroatoms. The van der Waals surface area contributed by atoms with Crippen LogP contribution in [-0.2, 0) is 0 Å². The van der Waals surface area contributed by atoms with Crippen LogP contribution in [0.15, 0.2) is 186 Å². The largest absolute Gasteiger partial charge is 0.456 e. The van der Waals surface area contributed by atoms with Crippen molar-refractivity contribution in [2.45, 2.75) is 0 Å². The number of furan rings is 1. The van der Waals surface area contributed by atoms with Gasteiger partial charge in [-0.3, -0.25) is 0 Å². The molecule has 0 unspecified atom stereocenters. The Balaban J connectivity index is 1.32. The lowest BCUT2D eigenvalue weighted by atomic mass is 9.84. The Labute approximate surface area is 298 Å². The normalized spacial score (nSPS) is 14.5. The summed E-state index contributed by atoms with van der Waals surface area (Å²) in [6, 6.07) is 34.3. The van der Waals surface area contributed by atoms with E-state index in [9.17, 15) is 9.60 Å². The van der Waals surface area contributed by atoms with Gasteiger partial charge in [0.15, 0.2) is 0 Å². The number of benzene rings is 9. The van der Waals surface area contributed by atoms with Crippen molar-refractivity contribution in [2.24, 2.45) is 0 Å². The molecule has 0 aliphatic heterocycles. The highest BCUT2D eigenvalue weighted by Crippen LogP contribution is 2.47. The Morgan fingerprint density at radius 1 is 0.388 bits per heavy atom. The van der Waals surface area contributed by atoms with E-state index in [1.807, 2.05) is 97.1 Å². The second-order valence-electron chi connectivity index (χ2n) is 12.0. The van der Waals surface area contributed by atoms with Gasteiger partial charge in [-0.05, 0) is 101 Å². The summed E-state index contributed by atoms with van der Waals surface area (Å²) in [5, 5.41) is 4.39. The van der Waals surface area contributed by atoms with E-state index in [-0.39, 0.29) is 98.6 Å². The van der Waals surface area contributed by atoms with Crippen LogP contribution in [0.5, 0.6) is 0 Å². The van der Waals surface area contributed by atoms with E-state index in [0.29, 0.717) is 43.8 Å². The van der Waals surface area contributed by atoms with Crippen LogP contribution in [-0.4, -0.2) is 0 Å². The van der Waals surface area contributed by atoms with Crippen molar-refractivity contribution in [3.63, 3.8) is 0 Å². The van der Waals surface area contributed by atoms with Crippen LogP contribution in [0.1, 0.15) is 13.7 Å². The molecule has 0 N–H and O–H groups in total. The smallest absolute Gasteiger partial charge is 0.136 e. The lowest BCUT2D eigenvalue weighted by Gasteiger charge is -2.18. The van der Waals surface area contributed by atoms with E-state index in [1.165, 1.54) is 0 Å². The molecule has 0 aliphatic rings. The second kappa shape index (κ2) is 11.1. The highest BCUT2D eigenvalue weighted by Gasteiger charge is 2.20. The van der Waals surface area contributed by atoms with Gasteiger partial charge in [0.25, 0.3) is 0 Å². The molecule has 1 aromatic heterocycles. The van der Waals surface area contributed by atoms with Crippen molar-refractivity contribution in [1.82, 2.24) is 0 Å². The summed E-state index contributed by atoms with van der Waals surface area (Å²) in [6.07, 6.45) is 0. The van der Waals surface area contributed by atoms with E-state index < -0.39 is 6.04 Å². The summed E-state index contributed by atoms with van der Waals surface area (Å²) in [7, 11) is 0. The van der Waals surface area contributed by atoms with Crippen molar-refractivity contribution in [2.75, 3.05) is 0 Å². The molecular formula is C48H30O. The standard InChI is InChI=1S/C48H30O/c1-2-11-31(12-3-1)37-27-28-42-45(30-37)49-44-20-10-19-43(48(42)44)47-40-17-8-6-15-38(40)46(39-16-7-9-18-41(39)47)34-24-21-33(22-25-34)36-26-23-32-13-4-5-14-35(32)29-36/h1-30H/i10D,19D,20D,21D,22D,24D,25D,27D,28D,30D. The number of fused-ring (bicyclic) bond motifs is 6. The van der Waals surface area contributed by atoms with Gasteiger partial charge in [0.2, 0.25) is 0 Å². The van der Waals surface area contributed by atoms with Crippen LogP contribution >= 0.6 is 0 Å². The third-order valence-electron chi connectivity index (χ3n) is 9.23. The summed E-state index contributed by atoms with van der Waals surface area (Å²) in [6.45, 7) is 0. The highest BCUT2D eigenvalue weighted by atomic mass is 16.3. The minimum Gasteiger partial charge on any atom is -0.456 e. The van der Waals surface area contributed by atoms with Gasteiger partial charge in [-0.2, -0.15) is 0 Å². The molecular weight excluding hydrogens is 593 g/mol. The van der Waals surface area contributed by atoms with Crippen molar-refractivity contribution >= 4 is 54.3 Å². The Hall–Kier alpha value is -6.44. The monoisotopic (exact) mass is 632 g/mol. The van der Waals surface area contributed by atoms with Gasteiger partial charge in [-0.15, -0.1) is 0 Å². The SMILES string of the molecule is [2H]c1c([2H])c(-c2c3ccccc3c(-c3c([2H])c([2H])c([2H])c4oc5c([2H])c(-c6ccccc6)c([2H])c([2H])c5c34)c3ccccc23)c([2H])c([2H])c1-c1ccc2ccccc2c1. The Morgan fingerprint density at radius 2 is 1.00 bits per heavy atom. The molecule has 0 amide bonds. The van der Waals surface area contributed by atoms with Crippen molar-refractivity contribution in [1.29, 1.82) is 0 Å². The molecule has 0 saturated heterocycles. The Kier molecular flexibility index (Phi) is 4.39. The molecule has 0 bridgehead atoms. The first kappa shape index (κ1) is 19.4. The van der Waals surface area contributed by atoms with Gasteiger partial charge in [-0.1, -0.05) is 158 Å². The van der Waals surface area contributed by atoms with Gasteiger partial charge < -0.3 is 4.42 Å². The van der Waals surface area contributed by atoms with Gasteiger partial charge in [-0.25, -0.2) is 0 Å². The molecule has 0 saturated carbocycles. The number of rotatable bonds is 4. The maximum Gasteiger partial charge on any atom is 0.136 e. The summed E-state index contributed by atoms with van der Waals surface area (Å²) in [5.74, 6) is 0. The molecule has 49 heavy (non-hydrogen) atoms. The summed E-state index contributed by atoms with van der Waals surface area (Å²) >= 11 is 0. The maximum absolute atomic E-state index is 9.46. The lowest BCUT2D eigenvalue weighted by molar-refractivity contribution is 0.669. The van der Waals surface area contributed by atoms with Crippen LogP contribution in [0, 0.1) is 0 Å². The maximum atomic E-state index is 9.46. The predicted octanol–water partition coefficient (Wildman–Crippen LogP) is 13.7. The van der Waals surface area contributed by atoms with Crippen LogP contribution in [0.4, 0.5) is 0 Å². The van der Waals surface area contributed by atoms with Gasteiger partial charge in [0, 0.05) is 10.8 Å². The fourth-order valence-corrected chi connectivity index (χ4v) is 6.98. The van der Waals surface area contributed by atoms with E-state index in [4.69, 9.17) is 8.53 Å². The van der Waals surface area contributed by atoms with E-state index in [2.05, 4.69) is 0 Å². The molecule has 0 radical (unpaired) electrons. The van der Waals surface area contributed by atoms with Crippen LogP contribution in [0.25, 0.3) is 98.8 Å². The van der Waals surface area contributed by atoms with Crippen LogP contribution < -0.4 is 0 Å². The highest BCUT2D eigenvalue weighted by molar-refractivity contribution is 6.25. The zero-order chi connectivity index (χ0) is 41.0. The van der Waals surface area contributed by atoms with E-state index in [1.54, 1.807) is 24.3 Å². The topological polar surface area (TPSA) is 13.1 Å². The first-order valence-corrected chi connectivity index (χ1v) is 16.0. The van der Waals surface area contributed by atoms with Crippen LogP contribution in [0.2, 0.25) is 0 Å². The van der Waals surface area contributed by atoms with Crippen molar-refractivity contribution < 1.29 is 18.1 Å². The third kappa shape index (κ3) is 4.47. The minimum absolute atomic E-state index is 0.0278. The summed E-state index contributed by atoms with van der Waals surface area (Å²) < 4.78 is 98.9. The molecule has 0 spiro atoms. The number of hydrogen-bond acceptors (Lipinski definition) is 1. The van der Waals surface area contributed by atoms with Gasteiger partial charge in [0.05, 0.1) is 13.7 Å². The first-order valence-electron chi connectivity index (χ1n) is 21.0. The second-order valence-corrected chi connectivity index (χ2v) is 12.0. The predicted molar refractivity (Wildman–Crippen MR) is 208 cm³/mol. The summed E-state index contributed by atoms with van der Waals surface area (Å²) in [5.41, 5.74) is 2.62. The van der Waals surface area contributed by atoms with Gasteiger partial charge in [0.1, 0.15) is 11.2 Å². The first-order chi connectivity index (χ1) is 28.5. The molecule has 10 rings (SSSR count). The number of hydrogen-bond donors (Lipinski definition) is 0. The fourth-order valence-electron chi connectivity index (χ4n) is 6.98. The molecule has 9 aromatic carbocycles. The summed E-state index contributed by atoms with van der Waals surface area (Å²) in [4.78, 5) is 0. The Bertz CT molecular complexity index is 3360. The molecule has 1 nitrogen and oxygen atoms in total. The average molecular weight is 633 g/mol. The van der Waals surface area contributed by atoms with E-state index in [0.717, 1.165) is 10.8 Å². The molecule has 10 aromatic rings. The average Bonchev–Trinajstić information content (AvgIpc) is 3.66. The molecule has 1 heterocycles. The zero-order valence-corrected chi connectivity index (χ0v) is 26.0. The Morgan fingerprint density at radius 3 is 1.73 bits per heavy atom. The van der Waals surface area contributed by atoms with Crippen molar-refractivity contribution in [3.8, 4) is 44.5 Å².